The monoisotopic (exact) mass is 249 g/mol. The molecule has 1 aromatic rings. The summed E-state index contributed by atoms with van der Waals surface area (Å²) in [6.07, 6.45) is 3.06. The van der Waals surface area contributed by atoms with E-state index in [0.717, 1.165) is 13.0 Å². The molecule has 2 rings (SSSR count). The summed E-state index contributed by atoms with van der Waals surface area (Å²) in [6.45, 7) is 6.74. The number of thioether (sulfide) groups is 1. The number of fused-ring (bicyclic) bond motifs is 1. The number of rotatable bonds is 1. The van der Waals surface area contributed by atoms with Crippen molar-refractivity contribution < 1.29 is 4.79 Å². The van der Waals surface area contributed by atoms with E-state index in [4.69, 9.17) is 0 Å². The summed E-state index contributed by atoms with van der Waals surface area (Å²) in [6, 6.07) is 6.59. The second kappa shape index (κ2) is 4.37. The van der Waals surface area contributed by atoms with Gasteiger partial charge in [0.25, 0.3) is 0 Å². The molecule has 0 N–H and O–H groups in total. The van der Waals surface area contributed by atoms with Crippen LogP contribution in [0.4, 0.5) is 0 Å². The second-order valence-electron chi connectivity index (χ2n) is 5.00. The molecule has 0 fully saturated rings. The van der Waals surface area contributed by atoms with E-state index >= 15 is 0 Å². The molecule has 2 nitrogen and oxygen atoms in total. The fraction of sp³-hybridized carbons (Fsp3) is 0.500. The first-order chi connectivity index (χ1) is 7.96. The Morgan fingerprint density at radius 2 is 2.12 bits per heavy atom. The Balaban J connectivity index is 2.47. The van der Waals surface area contributed by atoms with Crippen molar-refractivity contribution in [3.63, 3.8) is 0 Å². The lowest BCUT2D eigenvalue weighted by atomic mass is 9.83. The molecule has 0 aromatic heterocycles. The first kappa shape index (κ1) is 12.5. The maximum atomic E-state index is 11.7. The molecule has 0 spiro atoms. The highest BCUT2D eigenvalue weighted by atomic mass is 32.2. The topological polar surface area (TPSA) is 20.3 Å². The molecule has 1 aromatic carbocycles. The predicted molar refractivity (Wildman–Crippen MR) is 72.3 cm³/mol. The van der Waals surface area contributed by atoms with E-state index < -0.39 is 0 Å². The molecule has 3 heteroatoms. The Hall–Kier alpha value is -0.960. The first-order valence-electron chi connectivity index (χ1n) is 5.92. The molecule has 0 saturated carbocycles. The fourth-order valence-electron chi connectivity index (χ4n) is 2.71. The van der Waals surface area contributed by atoms with Crippen LogP contribution in [0.15, 0.2) is 23.1 Å². The van der Waals surface area contributed by atoms with Gasteiger partial charge in [0.2, 0.25) is 5.91 Å². The van der Waals surface area contributed by atoms with Crippen molar-refractivity contribution in [3.8, 4) is 0 Å². The highest BCUT2D eigenvalue weighted by Gasteiger charge is 2.35. The molecule has 1 aliphatic rings. The van der Waals surface area contributed by atoms with E-state index in [1.165, 1.54) is 16.0 Å². The van der Waals surface area contributed by atoms with Crippen LogP contribution < -0.4 is 0 Å². The molecule has 0 unspecified atom stereocenters. The van der Waals surface area contributed by atoms with Crippen LogP contribution >= 0.6 is 11.8 Å². The number of carbonyl (C=O) groups is 1. The fourth-order valence-corrected chi connectivity index (χ4v) is 3.17. The molecule has 0 bridgehead atoms. The Kier molecular flexibility index (Phi) is 3.21. The second-order valence-corrected chi connectivity index (χ2v) is 5.88. The largest absolute Gasteiger partial charge is 0.333 e. The molecule has 92 valence electrons. The molecule has 1 amide bonds. The average Bonchev–Trinajstić information content (AvgIpc) is 2.27. The van der Waals surface area contributed by atoms with E-state index in [1.54, 1.807) is 18.7 Å². The minimum absolute atomic E-state index is 0.162. The molecule has 0 atom stereocenters. The number of nitrogens with zero attached hydrogens (tertiary/aromatic N) is 1. The Labute approximate surface area is 107 Å². The van der Waals surface area contributed by atoms with Crippen molar-refractivity contribution >= 4 is 17.7 Å². The van der Waals surface area contributed by atoms with Gasteiger partial charge in [0, 0.05) is 18.4 Å². The predicted octanol–water partition coefficient (Wildman–Crippen LogP) is 3.05. The normalized spacial score (nSPS) is 17.8. The third-order valence-corrected chi connectivity index (χ3v) is 4.36. The maximum absolute atomic E-state index is 11.7. The van der Waals surface area contributed by atoms with Crippen molar-refractivity contribution in [1.29, 1.82) is 0 Å². The highest BCUT2D eigenvalue weighted by Crippen LogP contribution is 2.36. The lowest BCUT2D eigenvalue weighted by Crippen LogP contribution is -2.49. The van der Waals surface area contributed by atoms with Crippen molar-refractivity contribution in [2.45, 2.75) is 37.6 Å². The SMILES string of the molecule is CSc1ccc2c(c1)CCN(C(C)=O)C2(C)C. The molecule has 1 heterocycles. The van der Waals surface area contributed by atoms with Crippen LogP contribution in [0.25, 0.3) is 0 Å². The van der Waals surface area contributed by atoms with E-state index in [2.05, 4.69) is 38.3 Å². The van der Waals surface area contributed by atoms with Gasteiger partial charge >= 0.3 is 0 Å². The van der Waals surface area contributed by atoms with Gasteiger partial charge in [-0.1, -0.05) is 6.07 Å². The van der Waals surface area contributed by atoms with Gasteiger partial charge < -0.3 is 4.90 Å². The van der Waals surface area contributed by atoms with Crippen LogP contribution in [0, 0.1) is 0 Å². The highest BCUT2D eigenvalue weighted by molar-refractivity contribution is 7.98. The lowest BCUT2D eigenvalue weighted by molar-refractivity contribution is -0.135. The number of hydrogen-bond donors (Lipinski definition) is 0. The summed E-state index contributed by atoms with van der Waals surface area (Å²) in [5.41, 5.74) is 2.49. The van der Waals surface area contributed by atoms with E-state index in [-0.39, 0.29) is 11.4 Å². The quantitative estimate of drug-likeness (QED) is 0.713. The number of hydrogen-bond acceptors (Lipinski definition) is 2. The lowest BCUT2D eigenvalue weighted by Gasteiger charge is -2.43. The van der Waals surface area contributed by atoms with Gasteiger partial charge in [-0.3, -0.25) is 4.79 Å². The van der Waals surface area contributed by atoms with Gasteiger partial charge in [0.05, 0.1) is 5.54 Å². The van der Waals surface area contributed by atoms with Gasteiger partial charge in [-0.15, -0.1) is 11.8 Å². The summed E-state index contributed by atoms with van der Waals surface area (Å²) >= 11 is 1.77. The van der Waals surface area contributed by atoms with Gasteiger partial charge in [-0.2, -0.15) is 0 Å². The van der Waals surface area contributed by atoms with Gasteiger partial charge in [0.15, 0.2) is 0 Å². The van der Waals surface area contributed by atoms with Crippen molar-refractivity contribution in [2.24, 2.45) is 0 Å². The smallest absolute Gasteiger partial charge is 0.220 e. The van der Waals surface area contributed by atoms with Crippen LogP contribution in [-0.2, 0) is 16.8 Å². The van der Waals surface area contributed by atoms with Crippen LogP contribution in [0.1, 0.15) is 31.9 Å². The summed E-state index contributed by atoms with van der Waals surface area (Å²) in [4.78, 5) is 14.9. The van der Waals surface area contributed by atoms with Crippen LogP contribution in [0.2, 0.25) is 0 Å². The summed E-state index contributed by atoms with van der Waals surface area (Å²) in [5.74, 6) is 0.162. The Morgan fingerprint density at radius 1 is 1.41 bits per heavy atom. The summed E-state index contributed by atoms with van der Waals surface area (Å²) in [7, 11) is 0. The minimum atomic E-state index is -0.184. The third kappa shape index (κ3) is 2.08. The molecule has 17 heavy (non-hydrogen) atoms. The third-order valence-electron chi connectivity index (χ3n) is 3.63. The van der Waals surface area contributed by atoms with Crippen molar-refractivity contribution in [1.82, 2.24) is 4.90 Å². The average molecular weight is 249 g/mol. The minimum Gasteiger partial charge on any atom is -0.333 e. The molecule has 0 saturated heterocycles. The molecule has 0 aliphatic carbocycles. The molecular weight excluding hydrogens is 230 g/mol. The van der Waals surface area contributed by atoms with E-state index in [0.29, 0.717) is 0 Å². The van der Waals surface area contributed by atoms with Crippen LogP contribution in [0.3, 0.4) is 0 Å². The zero-order chi connectivity index (χ0) is 12.6. The molecule has 0 radical (unpaired) electrons. The molecule has 1 aliphatic heterocycles. The van der Waals surface area contributed by atoms with E-state index in [9.17, 15) is 4.79 Å². The Bertz CT molecular complexity index is 454. The van der Waals surface area contributed by atoms with Crippen molar-refractivity contribution in [2.75, 3.05) is 12.8 Å². The van der Waals surface area contributed by atoms with Gasteiger partial charge in [-0.05, 0) is 49.8 Å². The zero-order valence-electron chi connectivity index (χ0n) is 10.9. The Morgan fingerprint density at radius 3 is 2.71 bits per heavy atom. The number of amides is 1. The number of benzene rings is 1. The van der Waals surface area contributed by atoms with Gasteiger partial charge in [0.1, 0.15) is 0 Å². The van der Waals surface area contributed by atoms with Crippen LogP contribution in [0.5, 0.6) is 0 Å². The maximum Gasteiger partial charge on any atom is 0.220 e. The van der Waals surface area contributed by atoms with Crippen LogP contribution in [-0.4, -0.2) is 23.6 Å². The standard InChI is InChI=1S/C14H19NOS/c1-10(16)15-8-7-11-9-12(17-4)5-6-13(11)14(15,2)3/h5-6,9H,7-8H2,1-4H3. The first-order valence-corrected chi connectivity index (χ1v) is 7.15. The number of carbonyl (C=O) groups excluding carboxylic acids is 1. The summed E-state index contributed by atoms with van der Waals surface area (Å²) in [5, 5.41) is 0. The van der Waals surface area contributed by atoms with Crippen molar-refractivity contribution in [3.05, 3.63) is 29.3 Å². The zero-order valence-corrected chi connectivity index (χ0v) is 11.7. The molecular formula is C14H19NOS. The van der Waals surface area contributed by atoms with Gasteiger partial charge in [-0.25, -0.2) is 0 Å². The van der Waals surface area contributed by atoms with E-state index in [1.807, 2.05) is 4.90 Å². The summed E-state index contributed by atoms with van der Waals surface area (Å²) < 4.78 is 0.